The monoisotopic (exact) mass is 315 g/mol. The fourth-order valence-electron chi connectivity index (χ4n) is 2.36. The van der Waals surface area contributed by atoms with Crippen LogP contribution in [0.3, 0.4) is 0 Å². The van der Waals surface area contributed by atoms with Crippen LogP contribution in [0.2, 0.25) is 0 Å². The number of carbonyl (C=O) groups excluding carboxylic acids is 2. The Labute approximate surface area is 132 Å². The zero-order valence-corrected chi connectivity index (χ0v) is 13.0. The van der Waals surface area contributed by atoms with Crippen molar-refractivity contribution in [2.75, 3.05) is 5.32 Å². The first-order valence-electron chi connectivity index (χ1n) is 7.22. The highest BCUT2D eigenvalue weighted by Crippen LogP contribution is 2.41. The lowest BCUT2D eigenvalue weighted by Gasteiger charge is -2.18. The maximum Gasteiger partial charge on any atom is 0.271 e. The van der Waals surface area contributed by atoms with Crippen LogP contribution in [0.15, 0.2) is 35.7 Å². The Morgan fingerprint density at radius 1 is 1.27 bits per heavy atom. The third-order valence-corrected chi connectivity index (χ3v) is 4.32. The molecule has 114 valence electrons. The molecule has 22 heavy (non-hydrogen) atoms. The first-order valence-corrected chi connectivity index (χ1v) is 8.10. The molecule has 0 aliphatic heterocycles. The fourth-order valence-corrected chi connectivity index (χ4v) is 3.10. The summed E-state index contributed by atoms with van der Waals surface area (Å²) in [5.41, 5.74) is 1.46. The van der Waals surface area contributed by atoms with Crippen LogP contribution in [0.5, 0.6) is 0 Å². The summed E-state index contributed by atoms with van der Waals surface area (Å²) < 4.78 is 0. The van der Waals surface area contributed by atoms with Crippen LogP contribution >= 0.6 is 11.3 Å². The molecule has 2 amide bonds. The second-order valence-electron chi connectivity index (χ2n) is 5.42. The van der Waals surface area contributed by atoms with Crippen LogP contribution in [-0.2, 0) is 4.79 Å². The lowest BCUT2D eigenvalue weighted by Crippen LogP contribution is -2.30. The maximum atomic E-state index is 12.4. The number of aromatic nitrogens is 1. The van der Waals surface area contributed by atoms with Crippen molar-refractivity contribution < 1.29 is 9.59 Å². The van der Waals surface area contributed by atoms with E-state index >= 15 is 0 Å². The third kappa shape index (κ3) is 3.51. The van der Waals surface area contributed by atoms with E-state index in [0.29, 0.717) is 16.7 Å². The minimum absolute atomic E-state index is 0.0274. The second kappa shape index (κ2) is 6.27. The summed E-state index contributed by atoms with van der Waals surface area (Å²) in [6.07, 6.45) is 2.27. The number of rotatable bonds is 5. The van der Waals surface area contributed by atoms with Gasteiger partial charge in [-0.1, -0.05) is 30.3 Å². The summed E-state index contributed by atoms with van der Waals surface area (Å²) >= 11 is 1.25. The number of nitrogens with zero attached hydrogens (tertiary/aromatic N) is 1. The molecule has 0 radical (unpaired) electrons. The van der Waals surface area contributed by atoms with E-state index in [0.717, 1.165) is 18.4 Å². The Bertz CT molecular complexity index is 680. The number of benzene rings is 1. The van der Waals surface area contributed by atoms with Gasteiger partial charge in [-0.15, -0.1) is 11.3 Å². The zero-order chi connectivity index (χ0) is 15.5. The quantitative estimate of drug-likeness (QED) is 0.891. The van der Waals surface area contributed by atoms with Gasteiger partial charge >= 0.3 is 0 Å². The van der Waals surface area contributed by atoms with Gasteiger partial charge in [0.1, 0.15) is 5.69 Å². The van der Waals surface area contributed by atoms with E-state index in [-0.39, 0.29) is 17.9 Å². The van der Waals surface area contributed by atoms with Crippen LogP contribution < -0.4 is 10.6 Å². The summed E-state index contributed by atoms with van der Waals surface area (Å²) in [6.45, 7) is 1.42. The molecule has 0 unspecified atom stereocenters. The smallest absolute Gasteiger partial charge is 0.271 e. The summed E-state index contributed by atoms with van der Waals surface area (Å²) in [5, 5.41) is 7.77. The van der Waals surface area contributed by atoms with Gasteiger partial charge in [0, 0.05) is 12.3 Å². The molecular formula is C16H17N3O2S. The lowest BCUT2D eigenvalue weighted by atomic mass is 10.0. The van der Waals surface area contributed by atoms with E-state index in [2.05, 4.69) is 15.6 Å². The molecule has 1 saturated carbocycles. The van der Waals surface area contributed by atoms with Crippen LogP contribution in [0.25, 0.3) is 0 Å². The predicted molar refractivity (Wildman–Crippen MR) is 85.8 cm³/mol. The molecule has 0 spiro atoms. The molecule has 5 nitrogen and oxygen atoms in total. The summed E-state index contributed by atoms with van der Waals surface area (Å²) in [7, 11) is 0. The van der Waals surface area contributed by atoms with Crippen molar-refractivity contribution in [3.63, 3.8) is 0 Å². The van der Waals surface area contributed by atoms with E-state index in [9.17, 15) is 9.59 Å². The second-order valence-corrected chi connectivity index (χ2v) is 6.28. The van der Waals surface area contributed by atoms with Crippen molar-refractivity contribution in [2.24, 2.45) is 5.92 Å². The Balaban J connectivity index is 1.71. The number of hydrogen-bond acceptors (Lipinski definition) is 4. The SMILES string of the molecule is CC(=O)Nc1nc(C(=O)N[C@H](c2ccccc2)C2CC2)cs1. The summed E-state index contributed by atoms with van der Waals surface area (Å²) in [4.78, 5) is 27.5. The van der Waals surface area contributed by atoms with Crippen molar-refractivity contribution in [3.05, 3.63) is 47.0 Å². The molecular weight excluding hydrogens is 298 g/mol. The predicted octanol–water partition coefficient (Wildman–Crippen LogP) is 2.98. The number of carbonyl (C=O) groups is 2. The average Bonchev–Trinajstić information content (AvgIpc) is 3.24. The minimum atomic E-state index is -0.200. The molecule has 1 fully saturated rings. The van der Waals surface area contributed by atoms with Crippen LogP contribution in [0.4, 0.5) is 5.13 Å². The van der Waals surface area contributed by atoms with Gasteiger partial charge in [0.15, 0.2) is 5.13 Å². The zero-order valence-electron chi connectivity index (χ0n) is 12.2. The van der Waals surface area contributed by atoms with Crippen LogP contribution in [-0.4, -0.2) is 16.8 Å². The molecule has 1 atom stereocenters. The molecule has 2 aromatic rings. The Hall–Kier alpha value is -2.21. The summed E-state index contributed by atoms with van der Waals surface area (Å²) in [5.74, 6) is 0.106. The van der Waals surface area contributed by atoms with Crippen LogP contribution in [0.1, 0.15) is 41.9 Å². The average molecular weight is 315 g/mol. The Morgan fingerprint density at radius 2 is 2.00 bits per heavy atom. The maximum absolute atomic E-state index is 12.4. The molecule has 1 heterocycles. The summed E-state index contributed by atoms with van der Waals surface area (Å²) in [6, 6.07) is 10.0. The topological polar surface area (TPSA) is 71.1 Å². The van der Waals surface area contributed by atoms with Gasteiger partial charge < -0.3 is 10.6 Å². The van der Waals surface area contributed by atoms with E-state index in [4.69, 9.17) is 0 Å². The highest BCUT2D eigenvalue weighted by Gasteiger charge is 2.33. The fraction of sp³-hybridized carbons (Fsp3) is 0.312. The van der Waals surface area contributed by atoms with Crippen molar-refractivity contribution in [1.29, 1.82) is 0 Å². The third-order valence-electron chi connectivity index (χ3n) is 3.56. The van der Waals surface area contributed by atoms with Gasteiger partial charge in [0.05, 0.1) is 6.04 Å². The van der Waals surface area contributed by atoms with Gasteiger partial charge in [-0.3, -0.25) is 9.59 Å². The highest BCUT2D eigenvalue weighted by atomic mass is 32.1. The molecule has 1 aliphatic carbocycles. The van der Waals surface area contributed by atoms with Gasteiger partial charge in [0.2, 0.25) is 5.91 Å². The van der Waals surface area contributed by atoms with Gasteiger partial charge in [-0.05, 0) is 24.3 Å². The largest absolute Gasteiger partial charge is 0.344 e. The number of nitrogens with one attached hydrogen (secondary N) is 2. The Morgan fingerprint density at radius 3 is 2.64 bits per heavy atom. The molecule has 0 saturated heterocycles. The van der Waals surface area contributed by atoms with E-state index in [1.165, 1.54) is 18.3 Å². The van der Waals surface area contributed by atoms with Crippen molar-refractivity contribution >= 4 is 28.3 Å². The molecule has 3 rings (SSSR count). The van der Waals surface area contributed by atoms with Gasteiger partial charge in [-0.25, -0.2) is 4.98 Å². The molecule has 1 aromatic heterocycles. The molecule has 2 N–H and O–H groups in total. The van der Waals surface area contributed by atoms with Gasteiger partial charge in [-0.2, -0.15) is 0 Å². The number of hydrogen-bond donors (Lipinski definition) is 2. The first-order chi connectivity index (χ1) is 10.6. The number of thiazole rings is 1. The molecule has 1 aromatic carbocycles. The van der Waals surface area contributed by atoms with Crippen molar-refractivity contribution in [3.8, 4) is 0 Å². The molecule has 0 bridgehead atoms. The first kappa shape index (κ1) is 14.7. The number of amides is 2. The standard InChI is InChI=1S/C16H17N3O2S/c1-10(20)17-16-18-13(9-22-16)15(21)19-14(12-7-8-12)11-5-3-2-4-6-11/h2-6,9,12,14H,7-8H2,1H3,(H,19,21)(H,17,18,20)/t14-/m1/s1. The molecule has 1 aliphatic rings. The Kier molecular flexibility index (Phi) is 4.20. The van der Waals surface area contributed by atoms with Crippen molar-refractivity contribution in [2.45, 2.75) is 25.8 Å². The van der Waals surface area contributed by atoms with E-state index < -0.39 is 0 Å². The highest BCUT2D eigenvalue weighted by molar-refractivity contribution is 7.14. The van der Waals surface area contributed by atoms with Crippen molar-refractivity contribution in [1.82, 2.24) is 10.3 Å². The normalized spacial score (nSPS) is 15.1. The van der Waals surface area contributed by atoms with Crippen LogP contribution in [0, 0.1) is 5.92 Å². The van der Waals surface area contributed by atoms with Gasteiger partial charge in [0.25, 0.3) is 5.91 Å². The van der Waals surface area contributed by atoms with E-state index in [1.54, 1.807) is 5.38 Å². The minimum Gasteiger partial charge on any atom is -0.344 e. The lowest BCUT2D eigenvalue weighted by molar-refractivity contribution is -0.114. The van der Waals surface area contributed by atoms with E-state index in [1.807, 2.05) is 30.3 Å². The molecule has 6 heteroatoms. The number of anilines is 1.